The van der Waals surface area contributed by atoms with Gasteiger partial charge in [0, 0.05) is 24.9 Å². The van der Waals surface area contributed by atoms with Crippen LogP contribution >= 0.6 is 11.3 Å². The van der Waals surface area contributed by atoms with E-state index >= 15 is 0 Å². The lowest BCUT2D eigenvalue weighted by atomic mass is 10.3. The molecular formula is C12H11N3O3S. The highest BCUT2D eigenvalue weighted by molar-refractivity contribution is 7.14. The molecule has 0 bridgehead atoms. The maximum atomic E-state index is 11.7. The van der Waals surface area contributed by atoms with Crippen LogP contribution in [-0.4, -0.2) is 26.8 Å². The van der Waals surface area contributed by atoms with Gasteiger partial charge in [-0.2, -0.15) is 5.10 Å². The number of nitrogens with one attached hydrogen (secondary N) is 1. The van der Waals surface area contributed by atoms with Crippen molar-refractivity contribution in [2.24, 2.45) is 7.05 Å². The first-order valence-electron chi connectivity index (χ1n) is 5.35. The number of hydrogen-bond acceptors (Lipinski definition) is 4. The lowest BCUT2D eigenvalue weighted by Crippen LogP contribution is -2.09. The zero-order chi connectivity index (χ0) is 13.8. The number of aryl methyl sites for hydroxylation is 1. The molecule has 2 aromatic heterocycles. The van der Waals surface area contributed by atoms with Crippen molar-refractivity contribution in [3.8, 4) is 0 Å². The van der Waals surface area contributed by atoms with Crippen molar-refractivity contribution in [1.82, 2.24) is 9.78 Å². The Kier molecular flexibility index (Phi) is 3.76. The molecule has 98 valence electrons. The van der Waals surface area contributed by atoms with Gasteiger partial charge in [-0.15, -0.1) is 11.3 Å². The Bertz CT molecular complexity index is 642. The Labute approximate surface area is 113 Å². The predicted octanol–water partition coefficient (Wildman–Crippen LogP) is 1.83. The van der Waals surface area contributed by atoms with Crippen LogP contribution in [0.25, 0.3) is 6.08 Å². The van der Waals surface area contributed by atoms with E-state index in [0.29, 0.717) is 5.00 Å². The molecule has 2 N–H and O–H groups in total. The van der Waals surface area contributed by atoms with E-state index in [2.05, 4.69) is 10.4 Å². The van der Waals surface area contributed by atoms with Gasteiger partial charge < -0.3 is 10.4 Å². The second-order valence-corrected chi connectivity index (χ2v) is 4.65. The second-order valence-electron chi connectivity index (χ2n) is 3.74. The Morgan fingerprint density at radius 3 is 2.95 bits per heavy atom. The van der Waals surface area contributed by atoms with E-state index in [1.165, 1.54) is 23.5 Å². The average Bonchev–Trinajstić information content (AvgIpc) is 2.95. The van der Waals surface area contributed by atoms with E-state index in [4.69, 9.17) is 5.11 Å². The third-order valence-electron chi connectivity index (χ3n) is 2.28. The first-order valence-corrected chi connectivity index (χ1v) is 6.22. The zero-order valence-electron chi connectivity index (χ0n) is 10.0. The molecule has 0 radical (unpaired) electrons. The molecule has 0 aliphatic rings. The predicted molar refractivity (Wildman–Crippen MR) is 72.2 cm³/mol. The fraction of sp³-hybridized carbons (Fsp3) is 0.0833. The Morgan fingerprint density at radius 1 is 1.53 bits per heavy atom. The van der Waals surface area contributed by atoms with Gasteiger partial charge in [0.05, 0.1) is 11.8 Å². The second kappa shape index (κ2) is 5.49. The van der Waals surface area contributed by atoms with E-state index in [-0.39, 0.29) is 11.5 Å². The van der Waals surface area contributed by atoms with Crippen LogP contribution in [0.4, 0.5) is 5.00 Å². The van der Waals surface area contributed by atoms with E-state index in [1.54, 1.807) is 35.6 Å². The van der Waals surface area contributed by atoms with Crippen LogP contribution in [-0.2, 0) is 11.8 Å². The molecule has 0 fully saturated rings. The average molecular weight is 277 g/mol. The van der Waals surface area contributed by atoms with Gasteiger partial charge in [0.1, 0.15) is 5.00 Å². The molecule has 19 heavy (non-hydrogen) atoms. The van der Waals surface area contributed by atoms with Crippen molar-refractivity contribution in [1.29, 1.82) is 0 Å². The molecule has 6 nitrogen and oxygen atoms in total. The summed E-state index contributed by atoms with van der Waals surface area (Å²) >= 11 is 1.17. The number of carbonyl (C=O) groups excluding carboxylic acids is 1. The van der Waals surface area contributed by atoms with Crippen molar-refractivity contribution < 1.29 is 14.7 Å². The first-order chi connectivity index (χ1) is 9.06. The highest BCUT2D eigenvalue weighted by Crippen LogP contribution is 2.23. The topological polar surface area (TPSA) is 84.2 Å². The number of rotatable bonds is 4. The van der Waals surface area contributed by atoms with Gasteiger partial charge in [-0.05, 0) is 17.5 Å². The molecule has 2 heterocycles. The summed E-state index contributed by atoms with van der Waals surface area (Å²) in [5.74, 6) is -1.44. The van der Waals surface area contributed by atoms with Gasteiger partial charge in [0.25, 0.3) is 0 Å². The summed E-state index contributed by atoms with van der Waals surface area (Å²) in [4.78, 5) is 22.5. The highest BCUT2D eigenvalue weighted by Gasteiger charge is 2.12. The largest absolute Gasteiger partial charge is 0.478 e. The number of carbonyl (C=O) groups is 2. The third kappa shape index (κ3) is 3.29. The molecule has 2 rings (SSSR count). The minimum absolute atomic E-state index is 0.0909. The lowest BCUT2D eigenvalue weighted by molar-refractivity contribution is -0.111. The quantitative estimate of drug-likeness (QED) is 0.835. The molecule has 0 saturated heterocycles. The number of thiophene rings is 1. The maximum absolute atomic E-state index is 11.7. The van der Waals surface area contributed by atoms with E-state index < -0.39 is 5.97 Å². The number of hydrogen-bond donors (Lipinski definition) is 2. The van der Waals surface area contributed by atoms with Gasteiger partial charge in [0.2, 0.25) is 5.91 Å². The standard InChI is InChI=1S/C12H11N3O3S/c1-15-7-8(6-13-15)2-3-10(16)14-11-9(12(17)18)4-5-19-11/h2-7H,1H3,(H,14,16)(H,17,18)/b3-2+. The van der Waals surface area contributed by atoms with Gasteiger partial charge >= 0.3 is 5.97 Å². The summed E-state index contributed by atoms with van der Waals surface area (Å²) in [7, 11) is 1.78. The van der Waals surface area contributed by atoms with Gasteiger partial charge in [-0.1, -0.05) is 0 Å². The molecule has 7 heteroatoms. The van der Waals surface area contributed by atoms with Crippen LogP contribution in [0.15, 0.2) is 29.9 Å². The SMILES string of the molecule is Cn1cc(/C=C/C(=O)Nc2sccc2C(=O)O)cn1. The minimum atomic E-state index is -1.06. The summed E-state index contributed by atoms with van der Waals surface area (Å²) in [6, 6.07) is 1.45. The molecule has 0 atom stereocenters. The van der Waals surface area contributed by atoms with Crippen molar-refractivity contribution in [2.75, 3.05) is 5.32 Å². The van der Waals surface area contributed by atoms with Crippen LogP contribution in [0.1, 0.15) is 15.9 Å². The molecule has 0 aliphatic heterocycles. The van der Waals surface area contributed by atoms with Gasteiger partial charge in [0.15, 0.2) is 0 Å². The lowest BCUT2D eigenvalue weighted by Gasteiger charge is -1.99. The van der Waals surface area contributed by atoms with Crippen molar-refractivity contribution in [3.05, 3.63) is 41.0 Å². The number of aromatic carboxylic acids is 1. The maximum Gasteiger partial charge on any atom is 0.338 e. The summed E-state index contributed by atoms with van der Waals surface area (Å²) < 4.78 is 1.62. The minimum Gasteiger partial charge on any atom is -0.478 e. The van der Waals surface area contributed by atoms with Crippen molar-refractivity contribution in [2.45, 2.75) is 0 Å². The third-order valence-corrected chi connectivity index (χ3v) is 3.11. The van der Waals surface area contributed by atoms with Gasteiger partial charge in [-0.25, -0.2) is 4.79 Å². The molecule has 1 amide bonds. The molecule has 0 saturated carbocycles. The van der Waals surface area contributed by atoms with Crippen LogP contribution in [0.2, 0.25) is 0 Å². The van der Waals surface area contributed by atoms with Gasteiger partial charge in [-0.3, -0.25) is 9.48 Å². The van der Waals surface area contributed by atoms with Crippen molar-refractivity contribution in [3.63, 3.8) is 0 Å². The smallest absolute Gasteiger partial charge is 0.338 e. The molecule has 0 aliphatic carbocycles. The normalized spacial score (nSPS) is 10.8. The number of aromatic nitrogens is 2. The number of anilines is 1. The van der Waals surface area contributed by atoms with Crippen LogP contribution in [0.5, 0.6) is 0 Å². The Balaban J connectivity index is 2.03. The fourth-order valence-corrected chi connectivity index (χ4v) is 2.21. The van der Waals surface area contributed by atoms with E-state index in [9.17, 15) is 9.59 Å². The first kappa shape index (κ1) is 13.0. The van der Waals surface area contributed by atoms with Crippen LogP contribution in [0.3, 0.4) is 0 Å². The summed E-state index contributed by atoms with van der Waals surface area (Å²) in [6.07, 6.45) is 6.33. The Morgan fingerprint density at radius 2 is 2.32 bits per heavy atom. The summed E-state index contributed by atoms with van der Waals surface area (Å²) in [5.41, 5.74) is 0.885. The van der Waals surface area contributed by atoms with E-state index in [1.807, 2.05) is 0 Å². The number of carboxylic acids is 1. The number of carboxylic acid groups (broad SMARTS) is 1. The zero-order valence-corrected chi connectivity index (χ0v) is 10.8. The highest BCUT2D eigenvalue weighted by atomic mass is 32.1. The molecule has 2 aromatic rings. The molecule has 0 unspecified atom stereocenters. The monoisotopic (exact) mass is 277 g/mol. The number of nitrogens with zero attached hydrogens (tertiary/aromatic N) is 2. The molecular weight excluding hydrogens is 266 g/mol. The molecule has 0 spiro atoms. The Hall–Kier alpha value is -2.41. The number of amides is 1. The summed E-state index contributed by atoms with van der Waals surface area (Å²) in [5, 5.41) is 17.3. The van der Waals surface area contributed by atoms with Crippen LogP contribution in [0, 0.1) is 0 Å². The fourth-order valence-electron chi connectivity index (χ4n) is 1.43. The van der Waals surface area contributed by atoms with Crippen molar-refractivity contribution >= 4 is 34.3 Å². The summed E-state index contributed by atoms with van der Waals surface area (Å²) in [6.45, 7) is 0. The molecule has 0 aromatic carbocycles. The van der Waals surface area contributed by atoms with E-state index in [0.717, 1.165) is 5.56 Å². The van der Waals surface area contributed by atoms with Crippen LogP contribution < -0.4 is 5.32 Å².